The highest BCUT2D eigenvalue weighted by atomic mass is 16.2. The lowest BCUT2D eigenvalue weighted by Gasteiger charge is -2.38. The van der Waals surface area contributed by atoms with Crippen LogP contribution in [0.15, 0.2) is 24.4 Å². The van der Waals surface area contributed by atoms with Crippen molar-refractivity contribution in [2.75, 3.05) is 31.1 Å². The first kappa shape index (κ1) is 14.7. The molecule has 1 aliphatic rings. The van der Waals surface area contributed by atoms with E-state index in [1.807, 2.05) is 24.4 Å². The molecule has 0 spiro atoms. The zero-order valence-corrected chi connectivity index (χ0v) is 12.0. The molecule has 1 saturated heterocycles. The van der Waals surface area contributed by atoms with E-state index in [-0.39, 0.29) is 5.91 Å². The molecule has 1 atom stereocenters. The van der Waals surface area contributed by atoms with E-state index in [9.17, 15) is 4.79 Å². The third-order valence-corrected chi connectivity index (χ3v) is 3.86. The van der Waals surface area contributed by atoms with Crippen LogP contribution in [0.5, 0.6) is 0 Å². The summed E-state index contributed by atoms with van der Waals surface area (Å²) in [6, 6.07) is 6.40. The number of carbonyl (C=O) groups is 1. The maximum absolute atomic E-state index is 11.2. The fourth-order valence-corrected chi connectivity index (χ4v) is 2.53. The van der Waals surface area contributed by atoms with E-state index < -0.39 is 0 Å². The van der Waals surface area contributed by atoms with Gasteiger partial charge < -0.3 is 4.90 Å². The molecule has 0 saturated carbocycles. The van der Waals surface area contributed by atoms with Crippen molar-refractivity contribution in [1.29, 1.82) is 0 Å². The Balaban J connectivity index is 1.77. The van der Waals surface area contributed by atoms with Gasteiger partial charge >= 0.3 is 0 Å². The predicted molar refractivity (Wildman–Crippen MR) is 79.0 cm³/mol. The predicted octanol–water partition coefficient (Wildman–Crippen LogP) is 0.362. The van der Waals surface area contributed by atoms with E-state index in [0.717, 1.165) is 38.4 Å². The number of rotatable bonds is 5. The minimum Gasteiger partial charge on any atom is -0.354 e. The molecule has 1 aromatic heterocycles. The summed E-state index contributed by atoms with van der Waals surface area (Å²) >= 11 is 0. The molecule has 1 unspecified atom stereocenters. The summed E-state index contributed by atoms with van der Waals surface area (Å²) in [5.74, 6) is 6.04. The normalized spacial score (nSPS) is 17.8. The van der Waals surface area contributed by atoms with Crippen LogP contribution in [-0.2, 0) is 4.79 Å². The van der Waals surface area contributed by atoms with Crippen molar-refractivity contribution >= 4 is 11.7 Å². The molecular formula is C14H23N5O. The number of hydrogen-bond acceptors (Lipinski definition) is 5. The Hall–Kier alpha value is -1.66. The molecule has 3 N–H and O–H groups in total. The molecule has 110 valence electrons. The van der Waals surface area contributed by atoms with Crippen molar-refractivity contribution in [2.24, 2.45) is 5.84 Å². The molecule has 6 heteroatoms. The Kier molecular flexibility index (Phi) is 5.31. The first-order valence-electron chi connectivity index (χ1n) is 7.10. The third-order valence-electron chi connectivity index (χ3n) is 3.86. The Morgan fingerprint density at radius 1 is 1.40 bits per heavy atom. The van der Waals surface area contributed by atoms with Gasteiger partial charge in [-0.1, -0.05) is 6.07 Å². The van der Waals surface area contributed by atoms with Crippen LogP contribution in [0.2, 0.25) is 0 Å². The van der Waals surface area contributed by atoms with Crippen molar-refractivity contribution in [3.05, 3.63) is 24.4 Å². The van der Waals surface area contributed by atoms with E-state index in [2.05, 4.69) is 27.1 Å². The summed E-state index contributed by atoms with van der Waals surface area (Å²) in [4.78, 5) is 20.3. The molecule has 2 heterocycles. The summed E-state index contributed by atoms with van der Waals surface area (Å²) in [5.41, 5.74) is 2.18. The average molecular weight is 277 g/mol. The highest BCUT2D eigenvalue weighted by Gasteiger charge is 2.21. The van der Waals surface area contributed by atoms with Crippen molar-refractivity contribution in [1.82, 2.24) is 15.3 Å². The molecule has 0 radical (unpaired) electrons. The molecule has 6 nitrogen and oxygen atoms in total. The van der Waals surface area contributed by atoms with Gasteiger partial charge in [0.25, 0.3) is 0 Å². The lowest BCUT2D eigenvalue weighted by molar-refractivity contribution is -0.121. The molecule has 0 aliphatic carbocycles. The number of aromatic nitrogens is 1. The van der Waals surface area contributed by atoms with E-state index in [4.69, 9.17) is 5.84 Å². The van der Waals surface area contributed by atoms with Gasteiger partial charge in [0.05, 0.1) is 0 Å². The number of nitrogens with zero attached hydrogens (tertiary/aromatic N) is 3. The summed E-state index contributed by atoms with van der Waals surface area (Å²) in [7, 11) is 0. The van der Waals surface area contributed by atoms with Gasteiger partial charge in [0, 0.05) is 44.8 Å². The van der Waals surface area contributed by atoms with Gasteiger partial charge in [-0.2, -0.15) is 0 Å². The Morgan fingerprint density at radius 3 is 2.75 bits per heavy atom. The number of hydrazine groups is 1. The van der Waals surface area contributed by atoms with E-state index >= 15 is 0 Å². The van der Waals surface area contributed by atoms with Crippen LogP contribution in [-0.4, -0.2) is 48.0 Å². The fraction of sp³-hybridized carbons (Fsp3) is 0.571. The standard InChI is InChI=1S/C14H23N5O/c1-12(5-6-14(20)17-15)18-8-10-19(11-9-18)13-4-2-3-7-16-13/h2-4,7,12H,5-6,8-11,15H2,1H3,(H,17,20). The van der Waals surface area contributed by atoms with Crippen LogP contribution < -0.4 is 16.2 Å². The van der Waals surface area contributed by atoms with Crippen molar-refractivity contribution in [3.63, 3.8) is 0 Å². The summed E-state index contributed by atoms with van der Waals surface area (Å²) < 4.78 is 0. The number of pyridine rings is 1. The number of piperazine rings is 1. The third kappa shape index (κ3) is 3.91. The van der Waals surface area contributed by atoms with E-state index in [1.165, 1.54) is 0 Å². The molecular weight excluding hydrogens is 254 g/mol. The number of amides is 1. The van der Waals surface area contributed by atoms with Crippen molar-refractivity contribution < 1.29 is 4.79 Å². The Morgan fingerprint density at radius 2 is 2.15 bits per heavy atom. The minimum atomic E-state index is -0.0935. The number of carbonyl (C=O) groups excluding carboxylic acids is 1. The summed E-state index contributed by atoms with van der Waals surface area (Å²) in [6.45, 7) is 6.12. The lowest BCUT2D eigenvalue weighted by atomic mass is 10.1. The molecule has 20 heavy (non-hydrogen) atoms. The van der Waals surface area contributed by atoms with Crippen LogP contribution in [0.3, 0.4) is 0 Å². The van der Waals surface area contributed by atoms with Crippen LogP contribution in [0.25, 0.3) is 0 Å². The smallest absolute Gasteiger partial charge is 0.233 e. The summed E-state index contributed by atoms with van der Waals surface area (Å²) in [5, 5.41) is 0. The van der Waals surface area contributed by atoms with Gasteiger partial charge in [-0.25, -0.2) is 10.8 Å². The second kappa shape index (κ2) is 7.21. The maximum atomic E-state index is 11.2. The molecule has 2 rings (SSSR count). The van der Waals surface area contributed by atoms with Gasteiger partial charge in [-0.3, -0.25) is 15.1 Å². The fourth-order valence-electron chi connectivity index (χ4n) is 2.53. The highest BCUT2D eigenvalue weighted by molar-refractivity contribution is 5.75. The largest absolute Gasteiger partial charge is 0.354 e. The SMILES string of the molecule is CC(CCC(=O)NN)N1CCN(c2ccccn2)CC1. The lowest BCUT2D eigenvalue weighted by Crippen LogP contribution is -2.50. The zero-order chi connectivity index (χ0) is 14.4. The highest BCUT2D eigenvalue weighted by Crippen LogP contribution is 2.15. The van der Waals surface area contributed by atoms with Crippen LogP contribution in [0.1, 0.15) is 19.8 Å². The number of hydrogen-bond donors (Lipinski definition) is 2. The van der Waals surface area contributed by atoms with Crippen LogP contribution in [0, 0.1) is 0 Å². The van der Waals surface area contributed by atoms with Crippen LogP contribution >= 0.6 is 0 Å². The molecule has 0 bridgehead atoms. The molecule has 1 aromatic rings. The van der Waals surface area contributed by atoms with Gasteiger partial charge in [-0.05, 0) is 25.5 Å². The second-order valence-electron chi connectivity index (χ2n) is 5.17. The monoisotopic (exact) mass is 277 g/mol. The summed E-state index contributed by atoms with van der Waals surface area (Å²) in [6.07, 6.45) is 3.15. The zero-order valence-electron chi connectivity index (χ0n) is 12.0. The van der Waals surface area contributed by atoms with E-state index in [1.54, 1.807) is 0 Å². The molecule has 1 fully saturated rings. The number of nitrogens with one attached hydrogen (secondary N) is 1. The Bertz CT molecular complexity index is 417. The first-order chi connectivity index (χ1) is 9.70. The van der Waals surface area contributed by atoms with Gasteiger partial charge in [0.2, 0.25) is 5.91 Å². The quantitative estimate of drug-likeness (QED) is 0.462. The maximum Gasteiger partial charge on any atom is 0.233 e. The number of nitrogens with two attached hydrogens (primary N) is 1. The first-order valence-corrected chi connectivity index (χ1v) is 7.10. The number of anilines is 1. The van der Waals surface area contributed by atoms with Gasteiger partial charge in [0.15, 0.2) is 0 Å². The van der Waals surface area contributed by atoms with Crippen LogP contribution in [0.4, 0.5) is 5.82 Å². The van der Waals surface area contributed by atoms with Crippen molar-refractivity contribution in [3.8, 4) is 0 Å². The molecule has 1 aliphatic heterocycles. The Labute approximate surface area is 119 Å². The van der Waals surface area contributed by atoms with Crippen molar-refractivity contribution in [2.45, 2.75) is 25.8 Å². The second-order valence-corrected chi connectivity index (χ2v) is 5.17. The van der Waals surface area contributed by atoms with E-state index in [0.29, 0.717) is 12.5 Å². The average Bonchev–Trinajstić information content (AvgIpc) is 2.53. The van der Waals surface area contributed by atoms with Gasteiger partial charge in [-0.15, -0.1) is 0 Å². The topological polar surface area (TPSA) is 74.5 Å². The minimum absolute atomic E-state index is 0.0935. The molecule has 1 amide bonds. The van der Waals surface area contributed by atoms with Gasteiger partial charge in [0.1, 0.15) is 5.82 Å². The molecule has 0 aromatic carbocycles.